The fourth-order valence-electron chi connectivity index (χ4n) is 1.14. The largest absolute Gasteiger partial charge is 0.495 e. The molecule has 0 aliphatic carbocycles. The van der Waals surface area contributed by atoms with E-state index in [1.54, 1.807) is 18.4 Å². The molecule has 13 heavy (non-hydrogen) atoms. The Hall–Kier alpha value is -1.35. The van der Waals surface area contributed by atoms with E-state index in [2.05, 4.69) is 11.1 Å². The van der Waals surface area contributed by atoms with Gasteiger partial charge in [0.2, 0.25) is 0 Å². The molecular formula is C10H8NOS. The van der Waals surface area contributed by atoms with Gasteiger partial charge in [-0.25, -0.2) is 4.98 Å². The molecule has 0 spiro atoms. The highest BCUT2D eigenvalue weighted by molar-refractivity contribution is 7.07. The maximum atomic E-state index is 5.18. The van der Waals surface area contributed by atoms with Gasteiger partial charge < -0.3 is 4.74 Å². The van der Waals surface area contributed by atoms with Crippen molar-refractivity contribution < 1.29 is 4.74 Å². The van der Waals surface area contributed by atoms with Gasteiger partial charge in [-0.2, -0.15) is 0 Å². The van der Waals surface area contributed by atoms with E-state index in [4.69, 9.17) is 4.74 Å². The lowest BCUT2D eigenvalue weighted by Crippen LogP contribution is -1.87. The lowest BCUT2D eigenvalue weighted by Gasteiger charge is -2.03. The zero-order valence-corrected chi connectivity index (χ0v) is 7.97. The zero-order valence-electron chi connectivity index (χ0n) is 7.15. The summed E-state index contributed by atoms with van der Waals surface area (Å²) in [6, 6.07) is 8.75. The summed E-state index contributed by atoms with van der Waals surface area (Å²) in [5, 5.41) is 1.99. The van der Waals surface area contributed by atoms with E-state index >= 15 is 0 Å². The predicted octanol–water partition coefficient (Wildman–Crippen LogP) is 2.62. The molecule has 2 rings (SSSR count). The first-order valence-electron chi connectivity index (χ1n) is 3.85. The Balaban J connectivity index is 2.51. The number of thiazole rings is 1. The molecule has 1 heterocycles. The molecule has 0 aliphatic rings. The highest BCUT2D eigenvalue weighted by Crippen LogP contribution is 2.28. The van der Waals surface area contributed by atoms with Crippen LogP contribution in [0, 0.1) is 6.07 Å². The number of benzene rings is 1. The van der Waals surface area contributed by atoms with Crippen LogP contribution >= 0.6 is 11.3 Å². The average molecular weight is 190 g/mol. The monoisotopic (exact) mass is 190 g/mol. The van der Waals surface area contributed by atoms with E-state index in [-0.39, 0.29) is 0 Å². The highest BCUT2D eigenvalue weighted by atomic mass is 32.1. The maximum Gasteiger partial charge on any atom is 0.136 e. The third-order valence-corrected chi connectivity index (χ3v) is 2.32. The van der Waals surface area contributed by atoms with Crippen LogP contribution in [0.3, 0.4) is 0 Å². The van der Waals surface area contributed by atoms with Gasteiger partial charge in [0, 0.05) is 17.0 Å². The minimum absolute atomic E-state index is 0.744. The Labute approximate surface area is 80.8 Å². The summed E-state index contributed by atoms with van der Waals surface area (Å²) in [6.07, 6.45) is 0. The lowest BCUT2D eigenvalue weighted by atomic mass is 10.1. The van der Waals surface area contributed by atoms with Crippen LogP contribution in [0.1, 0.15) is 0 Å². The Morgan fingerprint density at radius 1 is 1.54 bits per heavy atom. The second-order valence-corrected chi connectivity index (χ2v) is 3.21. The topological polar surface area (TPSA) is 22.1 Å². The molecule has 65 valence electrons. The number of nitrogens with zero attached hydrogens (tertiary/aromatic N) is 1. The molecule has 0 unspecified atom stereocenters. The minimum atomic E-state index is 0.744. The van der Waals surface area contributed by atoms with Crippen LogP contribution in [-0.2, 0) is 0 Å². The Bertz CT molecular complexity index is 384. The van der Waals surface area contributed by atoms with E-state index in [0.29, 0.717) is 0 Å². The molecule has 2 nitrogen and oxygen atoms in total. The number of rotatable bonds is 2. The van der Waals surface area contributed by atoms with Crippen LogP contribution in [0.25, 0.3) is 11.3 Å². The molecule has 0 amide bonds. The first kappa shape index (κ1) is 8.26. The van der Waals surface area contributed by atoms with Gasteiger partial charge in [0.25, 0.3) is 0 Å². The first-order valence-corrected chi connectivity index (χ1v) is 4.79. The van der Waals surface area contributed by atoms with Crippen molar-refractivity contribution in [1.29, 1.82) is 0 Å². The van der Waals surface area contributed by atoms with Gasteiger partial charge >= 0.3 is 0 Å². The van der Waals surface area contributed by atoms with Crippen molar-refractivity contribution in [1.82, 2.24) is 4.98 Å². The molecule has 0 saturated heterocycles. The third-order valence-electron chi connectivity index (χ3n) is 1.73. The summed E-state index contributed by atoms with van der Waals surface area (Å²) in [5.41, 5.74) is 3.74. The SMILES string of the molecule is COc1[c]cccc1-c1cscn1. The predicted molar refractivity (Wildman–Crippen MR) is 52.9 cm³/mol. The molecular weight excluding hydrogens is 182 g/mol. The fourth-order valence-corrected chi connectivity index (χ4v) is 1.69. The van der Waals surface area contributed by atoms with Crippen molar-refractivity contribution >= 4 is 11.3 Å². The molecule has 0 N–H and O–H groups in total. The van der Waals surface area contributed by atoms with Gasteiger partial charge in [0.1, 0.15) is 5.75 Å². The number of para-hydroxylation sites is 1. The zero-order chi connectivity index (χ0) is 9.10. The quantitative estimate of drug-likeness (QED) is 0.726. The van der Waals surface area contributed by atoms with E-state index in [0.717, 1.165) is 17.0 Å². The smallest absolute Gasteiger partial charge is 0.136 e. The average Bonchev–Trinajstić information content (AvgIpc) is 2.70. The van der Waals surface area contributed by atoms with Gasteiger partial charge in [-0.05, 0) is 6.07 Å². The molecule has 0 aliphatic heterocycles. The summed E-state index contributed by atoms with van der Waals surface area (Å²) in [4.78, 5) is 4.21. The Kier molecular flexibility index (Phi) is 2.27. The van der Waals surface area contributed by atoms with Crippen LogP contribution in [0.2, 0.25) is 0 Å². The van der Waals surface area contributed by atoms with E-state index in [1.165, 1.54) is 0 Å². The van der Waals surface area contributed by atoms with Crippen molar-refractivity contribution in [3.63, 3.8) is 0 Å². The summed E-state index contributed by atoms with van der Waals surface area (Å²) in [6.45, 7) is 0. The second kappa shape index (κ2) is 3.58. The lowest BCUT2D eigenvalue weighted by molar-refractivity contribution is 0.415. The summed E-state index contributed by atoms with van der Waals surface area (Å²) < 4.78 is 5.18. The molecule has 0 fully saturated rings. The van der Waals surface area contributed by atoms with Crippen molar-refractivity contribution in [2.24, 2.45) is 0 Å². The number of hydrogen-bond donors (Lipinski definition) is 0. The fraction of sp³-hybridized carbons (Fsp3) is 0.100. The third kappa shape index (κ3) is 1.55. The number of aromatic nitrogens is 1. The van der Waals surface area contributed by atoms with Crippen LogP contribution in [-0.4, -0.2) is 12.1 Å². The summed E-state index contributed by atoms with van der Waals surface area (Å²) >= 11 is 1.57. The van der Waals surface area contributed by atoms with E-state index < -0.39 is 0 Å². The maximum absolute atomic E-state index is 5.18. The summed E-state index contributed by atoms with van der Waals surface area (Å²) in [7, 11) is 1.64. The molecule has 3 heteroatoms. The van der Waals surface area contributed by atoms with Crippen LogP contribution in [0.5, 0.6) is 5.75 Å². The van der Waals surface area contributed by atoms with Gasteiger partial charge in [0.15, 0.2) is 0 Å². The van der Waals surface area contributed by atoms with E-state index in [9.17, 15) is 0 Å². The molecule has 0 bridgehead atoms. The molecule has 2 aromatic rings. The molecule has 0 atom stereocenters. The van der Waals surface area contributed by atoms with Crippen molar-refractivity contribution in [3.05, 3.63) is 35.2 Å². The number of ether oxygens (including phenoxy) is 1. The molecule has 1 aromatic heterocycles. The Morgan fingerprint density at radius 2 is 2.46 bits per heavy atom. The molecule has 0 saturated carbocycles. The van der Waals surface area contributed by atoms with Crippen molar-refractivity contribution in [3.8, 4) is 17.0 Å². The van der Waals surface area contributed by atoms with Gasteiger partial charge in [-0.15, -0.1) is 11.3 Å². The Morgan fingerprint density at radius 3 is 3.15 bits per heavy atom. The van der Waals surface area contributed by atoms with Gasteiger partial charge in [-0.1, -0.05) is 12.1 Å². The standard InChI is InChI=1S/C10H8NOS/c1-12-10-5-3-2-4-8(10)9-6-13-7-11-9/h2-4,6-7H,1H3. The molecule has 1 aromatic carbocycles. The summed E-state index contributed by atoms with van der Waals surface area (Å²) in [5.74, 6) is 0.744. The van der Waals surface area contributed by atoms with Gasteiger partial charge in [0.05, 0.1) is 18.3 Å². The van der Waals surface area contributed by atoms with Crippen molar-refractivity contribution in [2.75, 3.05) is 7.11 Å². The minimum Gasteiger partial charge on any atom is -0.495 e. The van der Waals surface area contributed by atoms with E-state index in [1.807, 2.05) is 29.1 Å². The highest BCUT2D eigenvalue weighted by Gasteiger charge is 2.05. The number of methoxy groups -OCH3 is 1. The van der Waals surface area contributed by atoms with Gasteiger partial charge in [-0.3, -0.25) is 0 Å². The van der Waals surface area contributed by atoms with Crippen LogP contribution < -0.4 is 4.74 Å². The number of hydrogen-bond acceptors (Lipinski definition) is 3. The molecule has 1 radical (unpaired) electrons. The van der Waals surface area contributed by atoms with Crippen LogP contribution in [0.15, 0.2) is 29.1 Å². The second-order valence-electron chi connectivity index (χ2n) is 2.49. The van der Waals surface area contributed by atoms with Crippen molar-refractivity contribution in [2.45, 2.75) is 0 Å². The van der Waals surface area contributed by atoms with Crippen LogP contribution in [0.4, 0.5) is 0 Å². The normalized spacial score (nSPS) is 9.92. The first-order chi connectivity index (χ1) is 6.42.